The molecule has 0 aromatic heterocycles. The summed E-state index contributed by atoms with van der Waals surface area (Å²) in [5.41, 5.74) is 4.30. The predicted octanol–water partition coefficient (Wildman–Crippen LogP) is 9.62. The molecular formula is C36H28O3S2. The van der Waals surface area contributed by atoms with Gasteiger partial charge >= 0.3 is 0 Å². The minimum absolute atomic E-state index is 0.0389. The van der Waals surface area contributed by atoms with Gasteiger partial charge in [0.05, 0.1) is 0 Å². The summed E-state index contributed by atoms with van der Waals surface area (Å²) in [5.74, 6) is 0.688. The van der Waals surface area contributed by atoms with Crippen LogP contribution in [0.1, 0.15) is 17.0 Å². The number of thioether (sulfide) groups is 1. The number of aromatic hydroxyl groups is 3. The summed E-state index contributed by atoms with van der Waals surface area (Å²) in [7, 11) is 0. The SMILES string of the molecule is Oc1ccc(SC2=CC(C(c3ccc(-c4ccccc4)cc3)c3cc(Sc4ccc(O)cc4)ccc3O)C=C2)cc1. The Morgan fingerprint density at radius 3 is 1.80 bits per heavy atom. The summed E-state index contributed by atoms with van der Waals surface area (Å²) < 4.78 is 0. The average Bonchev–Trinajstić information content (AvgIpc) is 3.46. The second-order valence-corrected chi connectivity index (χ2v) is 12.2. The largest absolute Gasteiger partial charge is 0.508 e. The molecule has 0 bridgehead atoms. The fourth-order valence-corrected chi connectivity index (χ4v) is 6.83. The smallest absolute Gasteiger partial charge is 0.119 e. The Morgan fingerprint density at radius 2 is 1.15 bits per heavy atom. The number of rotatable bonds is 8. The van der Waals surface area contributed by atoms with Gasteiger partial charge in [0, 0.05) is 37.0 Å². The molecule has 41 heavy (non-hydrogen) atoms. The highest BCUT2D eigenvalue weighted by molar-refractivity contribution is 8.03. The van der Waals surface area contributed by atoms with Crippen molar-refractivity contribution in [1.82, 2.24) is 0 Å². The molecule has 2 unspecified atom stereocenters. The molecule has 0 spiro atoms. The van der Waals surface area contributed by atoms with E-state index in [-0.39, 0.29) is 29.1 Å². The number of phenolic OH excluding ortho intramolecular Hbond substituents is 3. The molecule has 5 aromatic carbocycles. The van der Waals surface area contributed by atoms with E-state index in [0.29, 0.717) is 0 Å². The molecule has 0 radical (unpaired) electrons. The standard InChI is InChI=1S/C36H28O3S2/c37-28-11-16-30(17-12-28)40-32-15-10-27(22-32)36(26-8-6-25(7-9-26)24-4-2-1-3-5-24)34-23-33(20-21-35(34)39)41-31-18-13-29(38)14-19-31/h1-23,27,36-39H. The van der Waals surface area contributed by atoms with Crippen LogP contribution in [0.15, 0.2) is 159 Å². The molecule has 0 fully saturated rings. The maximum Gasteiger partial charge on any atom is 0.119 e. The first-order valence-corrected chi connectivity index (χ1v) is 15.0. The van der Waals surface area contributed by atoms with Crippen molar-refractivity contribution in [2.45, 2.75) is 20.6 Å². The summed E-state index contributed by atoms with van der Waals surface area (Å²) in [6, 6.07) is 39.1. The zero-order valence-corrected chi connectivity index (χ0v) is 23.7. The van der Waals surface area contributed by atoms with Crippen molar-refractivity contribution in [3.8, 4) is 28.4 Å². The van der Waals surface area contributed by atoms with Crippen molar-refractivity contribution in [2.75, 3.05) is 0 Å². The van der Waals surface area contributed by atoms with E-state index in [9.17, 15) is 15.3 Å². The molecule has 0 amide bonds. The van der Waals surface area contributed by atoms with Crippen LogP contribution in [-0.2, 0) is 0 Å². The fraction of sp³-hybridized carbons (Fsp3) is 0.0556. The summed E-state index contributed by atoms with van der Waals surface area (Å²) in [5, 5.41) is 30.5. The zero-order chi connectivity index (χ0) is 28.2. The van der Waals surface area contributed by atoms with E-state index < -0.39 is 0 Å². The van der Waals surface area contributed by atoms with Crippen LogP contribution in [0.25, 0.3) is 11.1 Å². The van der Waals surface area contributed by atoms with Gasteiger partial charge in [-0.15, -0.1) is 0 Å². The molecule has 1 aliphatic carbocycles. The molecule has 0 heterocycles. The summed E-state index contributed by atoms with van der Waals surface area (Å²) >= 11 is 3.25. The normalized spacial score (nSPS) is 15.0. The van der Waals surface area contributed by atoms with Crippen LogP contribution in [0.4, 0.5) is 0 Å². The zero-order valence-electron chi connectivity index (χ0n) is 22.1. The number of hydrogen-bond donors (Lipinski definition) is 3. The molecular weight excluding hydrogens is 545 g/mol. The molecule has 0 saturated carbocycles. The van der Waals surface area contributed by atoms with Gasteiger partial charge in [0.1, 0.15) is 17.2 Å². The lowest BCUT2D eigenvalue weighted by atomic mass is 9.80. The first kappa shape index (κ1) is 26.9. The molecule has 6 rings (SSSR count). The van der Waals surface area contributed by atoms with Gasteiger partial charge in [-0.05, 0) is 83.4 Å². The van der Waals surface area contributed by atoms with Gasteiger partial charge in [-0.3, -0.25) is 0 Å². The van der Waals surface area contributed by atoms with Crippen molar-refractivity contribution < 1.29 is 15.3 Å². The van der Waals surface area contributed by atoms with Gasteiger partial charge in [0.2, 0.25) is 0 Å². The fourth-order valence-electron chi connectivity index (χ4n) is 5.05. The average molecular weight is 573 g/mol. The van der Waals surface area contributed by atoms with E-state index in [4.69, 9.17) is 0 Å². The molecule has 1 aliphatic rings. The Kier molecular flexibility index (Phi) is 7.90. The van der Waals surface area contributed by atoms with Gasteiger partial charge < -0.3 is 15.3 Å². The van der Waals surface area contributed by atoms with Crippen LogP contribution >= 0.6 is 23.5 Å². The molecule has 5 aromatic rings. The van der Waals surface area contributed by atoms with Crippen LogP contribution < -0.4 is 0 Å². The minimum Gasteiger partial charge on any atom is -0.508 e. The lowest BCUT2D eigenvalue weighted by Crippen LogP contribution is -2.10. The molecule has 202 valence electrons. The van der Waals surface area contributed by atoms with Gasteiger partial charge in [-0.2, -0.15) is 0 Å². The highest BCUT2D eigenvalue weighted by Crippen LogP contribution is 2.45. The highest BCUT2D eigenvalue weighted by Gasteiger charge is 2.27. The number of benzene rings is 5. The molecule has 0 aliphatic heterocycles. The Morgan fingerprint density at radius 1 is 0.561 bits per heavy atom. The Bertz CT molecular complexity index is 1690. The van der Waals surface area contributed by atoms with Crippen LogP contribution in [0.2, 0.25) is 0 Å². The third-order valence-electron chi connectivity index (χ3n) is 7.08. The highest BCUT2D eigenvalue weighted by atomic mass is 32.2. The van der Waals surface area contributed by atoms with Gasteiger partial charge in [-0.25, -0.2) is 0 Å². The minimum atomic E-state index is -0.102. The first-order valence-electron chi connectivity index (χ1n) is 13.3. The topological polar surface area (TPSA) is 60.7 Å². The van der Waals surface area contributed by atoms with E-state index in [1.807, 2.05) is 48.5 Å². The van der Waals surface area contributed by atoms with E-state index in [2.05, 4.69) is 60.7 Å². The van der Waals surface area contributed by atoms with Gasteiger partial charge in [-0.1, -0.05) is 96.3 Å². The second kappa shape index (κ2) is 12.0. The number of allylic oxidation sites excluding steroid dienone is 3. The summed E-state index contributed by atoms with van der Waals surface area (Å²) in [6.45, 7) is 0. The van der Waals surface area contributed by atoms with Crippen molar-refractivity contribution in [1.29, 1.82) is 0 Å². The quantitative estimate of drug-likeness (QED) is 0.173. The summed E-state index contributed by atoms with van der Waals surface area (Å²) in [6.07, 6.45) is 6.60. The summed E-state index contributed by atoms with van der Waals surface area (Å²) in [4.78, 5) is 4.20. The van der Waals surface area contributed by atoms with Crippen LogP contribution in [0.3, 0.4) is 0 Å². The van der Waals surface area contributed by atoms with Crippen molar-refractivity contribution >= 4 is 23.5 Å². The van der Waals surface area contributed by atoms with Crippen molar-refractivity contribution in [3.05, 3.63) is 156 Å². The molecule has 0 saturated heterocycles. The third kappa shape index (κ3) is 6.37. The maximum atomic E-state index is 11.2. The van der Waals surface area contributed by atoms with E-state index in [1.165, 1.54) is 5.56 Å². The van der Waals surface area contributed by atoms with Crippen LogP contribution in [0.5, 0.6) is 17.2 Å². The molecule has 3 N–H and O–H groups in total. The molecule has 5 heteroatoms. The molecule has 3 nitrogen and oxygen atoms in total. The molecule has 2 atom stereocenters. The van der Waals surface area contributed by atoms with E-state index >= 15 is 0 Å². The maximum absolute atomic E-state index is 11.2. The van der Waals surface area contributed by atoms with Crippen LogP contribution in [-0.4, -0.2) is 15.3 Å². The lowest BCUT2D eigenvalue weighted by Gasteiger charge is -2.24. The Balaban J connectivity index is 1.36. The van der Waals surface area contributed by atoms with E-state index in [1.54, 1.807) is 53.9 Å². The second-order valence-electron chi connectivity index (χ2n) is 9.88. The Hall–Kier alpha value is -4.32. The third-order valence-corrected chi connectivity index (χ3v) is 9.09. The van der Waals surface area contributed by atoms with Gasteiger partial charge in [0.15, 0.2) is 0 Å². The predicted molar refractivity (Wildman–Crippen MR) is 169 cm³/mol. The van der Waals surface area contributed by atoms with Crippen LogP contribution in [0, 0.1) is 5.92 Å². The Labute approximate surface area is 248 Å². The first-order chi connectivity index (χ1) is 20.0. The monoisotopic (exact) mass is 572 g/mol. The number of hydrogen-bond acceptors (Lipinski definition) is 5. The van der Waals surface area contributed by atoms with Crippen molar-refractivity contribution in [3.63, 3.8) is 0 Å². The lowest BCUT2D eigenvalue weighted by molar-refractivity contribution is 0.460. The van der Waals surface area contributed by atoms with Gasteiger partial charge in [0.25, 0.3) is 0 Å². The number of phenols is 3. The van der Waals surface area contributed by atoms with Crippen molar-refractivity contribution in [2.24, 2.45) is 5.92 Å². The van der Waals surface area contributed by atoms with E-state index in [0.717, 1.165) is 36.3 Å².